The number of furan rings is 1. The van der Waals surface area contributed by atoms with Gasteiger partial charge in [0.15, 0.2) is 0 Å². The summed E-state index contributed by atoms with van der Waals surface area (Å²) in [4.78, 5) is 12.6. The molecule has 6 unspecified atom stereocenters. The minimum absolute atomic E-state index is 0.111. The number of fused-ring (bicyclic) bond motifs is 6. The molecule has 0 aromatic carbocycles. The maximum atomic E-state index is 12.6. The van der Waals surface area contributed by atoms with Crippen molar-refractivity contribution in [1.29, 1.82) is 0 Å². The summed E-state index contributed by atoms with van der Waals surface area (Å²) in [7, 11) is 0. The van der Waals surface area contributed by atoms with E-state index in [1.165, 1.54) is 24.8 Å². The zero-order valence-electron chi connectivity index (χ0n) is 16.8. The van der Waals surface area contributed by atoms with Gasteiger partial charge in [-0.15, -0.1) is 0 Å². The molecule has 0 spiro atoms. The smallest absolute Gasteiger partial charge is 0.375 e. The minimum Gasteiger partial charge on any atom is -0.457 e. The van der Waals surface area contributed by atoms with Gasteiger partial charge < -0.3 is 9.15 Å². The molecule has 1 aliphatic heterocycles. The summed E-state index contributed by atoms with van der Waals surface area (Å²) in [6.07, 6.45) is 14.4. The van der Waals surface area contributed by atoms with Gasteiger partial charge in [0.2, 0.25) is 5.76 Å². The number of carbonyl (C=O) groups excluding carboxylic acids is 1. The first-order chi connectivity index (χ1) is 14.2. The van der Waals surface area contributed by atoms with Gasteiger partial charge in [-0.1, -0.05) is 18.2 Å². The van der Waals surface area contributed by atoms with Crippen molar-refractivity contribution in [3.63, 3.8) is 0 Å². The summed E-state index contributed by atoms with van der Waals surface area (Å²) >= 11 is 0. The Hall–Kier alpha value is -2.11. The van der Waals surface area contributed by atoms with E-state index < -0.39 is 0 Å². The summed E-state index contributed by atoms with van der Waals surface area (Å²) in [5.41, 5.74) is 12.1. The lowest BCUT2D eigenvalue weighted by molar-refractivity contribution is 0.0345. The number of allylic oxidation sites excluding steroid dienone is 4. The average molecular weight is 392 g/mol. The standard InChI is InChI=1S/C24H28N2O3/c1-13-8-9-28-23(13)24(27)29-22-7-6-17-16-3-2-14-11-21-15(12-25-26-21)10-20(14)18(16)4-5-19(17)22/h4-5,8-10,14-17,21-22,25-26H,2-3,6-7,11-12H2,1H3. The first-order valence-corrected chi connectivity index (χ1v) is 11.1. The van der Waals surface area contributed by atoms with Crippen LogP contribution in [-0.2, 0) is 4.74 Å². The maximum absolute atomic E-state index is 12.6. The van der Waals surface area contributed by atoms with E-state index >= 15 is 0 Å². The van der Waals surface area contributed by atoms with Crippen LogP contribution in [0.15, 0.2) is 51.7 Å². The van der Waals surface area contributed by atoms with E-state index in [9.17, 15) is 4.79 Å². The Morgan fingerprint density at radius 2 is 2.03 bits per heavy atom. The predicted molar refractivity (Wildman–Crippen MR) is 109 cm³/mol. The number of nitrogens with one attached hydrogen (secondary N) is 2. The molecule has 4 aliphatic carbocycles. The Morgan fingerprint density at radius 1 is 1.14 bits per heavy atom. The molecule has 5 aliphatic rings. The Labute approximate surface area is 171 Å². The van der Waals surface area contributed by atoms with Crippen LogP contribution >= 0.6 is 0 Å². The number of aryl methyl sites for hydroxylation is 1. The van der Waals surface area contributed by atoms with Gasteiger partial charge in [-0.2, -0.15) is 0 Å². The van der Waals surface area contributed by atoms with E-state index in [1.807, 2.05) is 6.92 Å². The van der Waals surface area contributed by atoms with Crippen molar-refractivity contribution in [2.24, 2.45) is 23.7 Å². The van der Waals surface area contributed by atoms with Crippen molar-refractivity contribution >= 4 is 5.97 Å². The SMILES string of the molecule is Cc1ccoc1C(=O)OC1CCC2C1=CC=C1C3=CC4CNNC4CC3CCC12. The van der Waals surface area contributed by atoms with Crippen molar-refractivity contribution < 1.29 is 13.9 Å². The largest absolute Gasteiger partial charge is 0.457 e. The second kappa shape index (κ2) is 6.71. The Kier molecular flexibility index (Phi) is 4.10. The second-order valence-corrected chi connectivity index (χ2v) is 9.33. The van der Waals surface area contributed by atoms with Gasteiger partial charge in [0.25, 0.3) is 0 Å². The lowest BCUT2D eigenvalue weighted by atomic mass is 9.62. The maximum Gasteiger partial charge on any atom is 0.375 e. The third-order valence-electron chi connectivity index (χ3n) is 7.85. The van der Waals surface area contributed by atoms with E-state index in [1.54, 1.807) is 23.5 Å². The molecule has 6 rings (SSSR count). The molecule has 1 saturated heterocycles. The summed E-state index contributed by atoms with van der Waals surface area (Å²) in [6, 6.07) is 2.40. The fraction of sp³-hybridized carbons (Fsp3) is 0.542. The first kappa shape index (κ1) is 17.7. The first-order valence-electron chi connectivity index (χ1n) is 11.1. The number of hydrogen-bond donors (Lipinski definition) is 2. The molecule has 2 heterocycles. The highest BCUT2D eigenvalue weighted by Crippen LogP contribution is 2.53. The minimum atomic E-state index is -0.334. The van der Waals surface area contributed by atoms with E-state index in [-0.39, 0.29) is 12.1 Å². The third-order valence-corrected chi connectivity index (χ3v) is 7.85. The van der Waals surface area contributed by atoms with Gasteiger partial charge in [0, 0.05) is 24.1 Å². The summed E-state index contributed by atoms with van der Waals surface area (Å²) in [5.74, 6) is 2.41. The highest BCUT2D eigenvalue weighted by Gasteiger charge is 2.46. The van der Waals surface area contributed by atoms with Gasteiger partial charge in [-0.3, -0.25) is 10.9 Å². The Balaban J connectivity index is 1.26. The molecule has 0 bridgehead atoms. The number of hydrogen-bond acceptors (Lipinski definition) is 5. The number of rotatable bonds is 2. The summed E-state index contributed by atoms with van der Waals surface area (Å²) in [5, 5.41) is 0. The molecule has 6 atom stereocenters. The molecular formula is C24H28N2O3. The van der Waals surface area contributed by atoms with Gasteiger partial charge in [-0.25, -0.2) is 4.79 Å². The van der Waals surface area contributed by atoms with Gasteiger partial charge >= 0.3 is 5.97 Å². The molecule has 29 heavy (non-hydrogen) atoms. The van der Waals surface area contributed by atoms with Crippen LogP contribution in [0.5, 0.6) is 0 Å². The zero-order valence-corrected chi connectivity index (χ0v) is 16.8. The Morgan fingerprint density at radius 3 is 2.90 bits per heavy atom. The van der Waals surface area contributed by atoms with Crippen molar-refractivity contribution in [2.75, 3.05) is 6.54 Å². The molecule has 5 nitrogen and oxygen atoms in total. The van der Waals surface area contributed by atoms with E-state index in [2.05, 4.69) is 29.1 Å². The molecule has 152 valence electrons. The number of ether oxygens (including phenoxy) is 1. The molecule has 0 amide bonds. The topological polar surface area (TPSA) is 63.5 Å². The second-order valence-electron chi connectivity index (χ2n) is 9.33. The lowest BCUT2D eigenvalue weighted by Crippen LogP contribution is -2.39. The molecule has 5 heteroatoms. The van der Waals surface area contributed by atoms with Crippen LogP contribution in [0.4, 0.5) is 0 Å². The van der Waals surface area contributed by atoms with Crippen LogP contribution in [0.1, 0.15) is 48.2 Å². The Bertz CT molecular complexity index is 940. The van der Waals surface area contributed by atoms with Crippen molar-refractivity contribution in [3.8, 4) is 0 Å². The number of esters is 1. The summed E-state index contributed by atoms with van der Waals surface area (Å²) < 4.78 is 11.2. The van der Waals surface area contributed by atoms with Crippen LogP contribution in [0.3, 0.4) is 0 Å². The molecule has 3 fully saturated rings. The van der Waals surface area contributed by atoms with Gasteiger partial charge in [0.1, 0.15) is 6.10 Å². The normalized spacial score (nSPS) is 37.5. The van der Waals surface area contributed by atoms with E-state index in [4.69, 9.17) is 9.15 Å². The third kappa shape index (κ3) is 2.78. The van der Waals surface area contributed by atoms with Crippen LogP contribution in [-0.4, -0.2) is 24.7 Å². The molecule has 1 aromatic rings. The van der Waals surface area contributed by atoms with Crippen LogP contribution in [0, 0.1) is 30.6 Å². The van der Waals surface area contributed by atoms with Crippen LogP contribution in [0.25, 0.3) is 0 Å². The fourth-order valence-electron chi connectivity index (χ4n) is 6.40. The fourth-order valence-corrected chi connectivity index (χ4v) is 6.40. The molecule has 1 aromatic heterocycles. The van der Waals surface area contributed by atoms with Gasteiger partial charge in [-0.05, 0) is 79.6 Å². The lowest BCUT2D eigenvalue weighted by Gasteiger charge is -2.43. The average Bonchev–Trinajstić information content (AvgIpc) is 3.45. The molecular weight excluding hydrogens is 364 g/mol. The predicted octanol–water partition coefficient (Wildman–Crippen LogP) is 3.84. The van der Waals surface area contributed by atoms with Crippen molar-refractivity contribution in [1.82, 2.24) is 10.9 Å². The molecule has 0 radical (unpaired) electrons. The van der Waals surface area contributed by atoms with Crippen LogP contribution < -0.4 is 10.9 Å². The zero-order chi connectivity index (χ0) is 19.5. The molecule has 2 saturated carbocycles. The van der Waals surface area contributed by atoms with Crippen molar-refractivity contribution in [3.05, 3.63) is 58.6 Å². The highest BCUT2D eigenvalue weighted by molar-refractivity contribution is 5.88. The van der Waals surface area contributed by atoms with Crippen LogP contribution in [0.2, 0.25) is 0 Å². The molecule has 2 N–H and O–H groups in total. The number of hydrazine groups is 1. The highest BCUT2D eigenvalue weighted by atomic mass is 16.6. The quantitative estimate of drug-likeness (QED) is 0.749. The summed E-state index contributed by atoms with van der Waals surface area (Å²) in [6.45, 7) is 2.91. The van der Waals surface area contributed by atoms with E-state index in [0.717, 1.165) is 24.9 Å². The van der Waals surface area contributed by atoms with Gasteiger partial charge in [0.05, 0.1) is 6.26 Å². The van der Waals surface area contributed by atoms with Crippen molar-refractivity contribution in [2.45, 2.75) is 51.2 Å². The van der Waals surface area contributed by atoms with E-state index in [0.29, 0.717) is 35.5 Å². The number of carbonyl (C=O) groups is 1. The monoisotopic (exact) mass is 392 g/mol.